The van der Waals surface area contributed by atoms with Crippen LogP contribution in [0.15, 0.2) is 36.4 Å². The number of thioether (sulfide) groups is 1. The first-order valence-electron chi connectivity index (χ1n) is 7.35. The zero-order valence-corrected chi connectivity index (χ0v) is 14.6. The van der Waals surface area contributed by atoms with Crippen LogP contribution in [0.4, 0.5) is 5.69 Å². The van der Waals surface area contributed by atoms with Crippen molar-refractivity contribution in [3.63, 3.8) is 0 Å². The molecule has 7 heteroatoms. The van der Waals surface area contributed by atoms with Gasteiger partial charge in [-0.25, -0.2) is 4.79 Å². The highest BCUT2D eigenvalue weighted by molar-refractivity contribution is 8.01. The van der Waals surface area contributed by atoms with E-state index in [-0.39, 0.29) is 23.8 Å². The van der Waals surface area contributed by atoms with Gasteiger partial charge < -0.3 is 14.4 Å². The Morgan fingerprint density at radius 2 is 2.00 bits per heavy atom. The molecule has 6 nitrogen and oxygen atoms in total. The van der Waals surface area contributed by atoms with Gasteiger partial charge in [0.15, 0.2) is 4.75 Å². The van der Waals surface area contributed by atoms with E-state index in [9.17, 15) is 14.4 Å². The first-order valence-corrected chi connectivity index (χ1v) is 8.33. The zero-order chi connectivity index (χ0) is 17.9. The van der Waals surface area contributed by atoms with Gasteiger partial charge in [-0.05, 0) is 13.0 Å². The topological polar surface area (TPSA) is 72.9 Å². The highest BCUT2D eigenvalue weighted by Gasteiger charge is 2.54. The Morgan fingerprint density at radius 1 is 1.33 bits per heavy atom. The van der Waals surface area contributed by atoms with Crippen molar-refractivity contribution in [3.8, 4) is 0 Å². The molecule has 1 heterocycles. The van der Waals surface area contributed by atoms with Crippen molar-refractivity contribution in [2.75, 3.05) is 31.4 Å². The summed E-state index contributed by atoms with van der Waals surface area (Å²) >= 11 is 1.02. The second-order valence-electron chi connectivity index (χ2n) is 5.13. The van der Waals surface area contributed by atoms with Gasteiger partial charge in [0.2, 0.25) is 0 Å². The summed E-state index contributed by atoms with van der Waals surface area (Å²) in [5, 5.41) is 0. The summed E-state index contributed by atoms with van der Waals surface area (Å²) in [5.41, 5.74) is 1.27. The van der Waals surface area contributed by atoms with Crippen LogP contribution >= 0.6 is 11.8 Å². The number of fused-ring (bicyclic) bond motifs is 1. The summed E-state index contributed by atoms with van der Waals surface area (Å²) in [7, 11) is 2.85. The number of rotatable bonds is 6. The minimum absolute atomic E-state index is 0.0129. The molecule has 1 aliphatic heterocycles. The number of hydrogen-bond donors (Lipinski definition) is 0. The molecule has 1 atom stereocenters. The molecule has 0 spiro atoms. The summed E-state index contributed by atoms with van der Waals surface area (Å²) in [6.07, 6.45) is 0. The fourth-order valence-electron chi connectivity index (χ4n) is 2.68. The maximum atomic E-state index is 13.0. The second kappa shape index (κ2) is 7.09. The van der Waals surface area contributed by atoms with Crippen molar-refractivity contribution in [1.29, 1.82) is 0 Å². The average Bonchev–Trinajstić information content (AvgIpc) is 2.81. The number of ether oxygens (including phenoxy) is 2. The maximum Gasteiger partial charge on any atom is 0.335 e. The third kappa shape index (κ3) is 2.80. The number of methoxy groups -OCH3 is 1. The highest BCUT2D eigenvalue weighted by atomic mass is 32.2. The van der Waals surface area contributed by atoms with Crippen molar-refractivity contribution in [1.82, 2.24) is 0 Å². The van der Waals surface area contributed by atoms with Gasteiger partial charge in [0, 0.05) is 18.3 Å². The van der Waals surface area contributed by atoms with E-state index < -0.39 is 16.7 Å². The van der Waals surface area contributed by atoms with E-state index in [1.165, 1.54) is 12.0 Å². The Bertz CT molecular complexity index is 702. The molecule has 0 saturated carbocycles. The maximum absolute atomic E-state index is 13.0. The van der Waals surface area contributed by atoms with Gasteiger partial charge in [-0.15, -0.1) is 11.8 Å². The SMILES string of the molecule is C=C(C(=O)OC)C1(SCC(=O)OCC)C(=O)N(C)c2ccccc21. The molecule has 128 valence electrons. The number of benzene rings is 1. The minimum atomic E-state index is -1.40. The fraction of sp³-hybridized carbons (Fsp3) is 0.353. The third-order valence-corrected chi connectivity index (χ3v) is 5.27. The lowest BCUT2D eigenvalue weighted by Gasteiger charge is -2.28. The molecule has 0 N–H and O–H groups in total. The number of nitrogens with zero attached hydrogens (tertiary/aromatic N) is 1. The Morgan fingerprint density at radius 3 is 2.62 bits per heavy atom. The molecule has 0 radical (unpaired) electrons. The quantitative estimate of drug-likeness (QED) is 0.577. The molecule has 0 saturated heterocycles. The largest absolute Gasteiger partial charge is 0.466 e. The molecular formula is C17H19NO5S. The number of amides is 1. The molecule has 1 unspecified atom stereocenters. The van der Waals surface area contributed by atoms with Crippen LogP contribution in [-0.4, -0.2) is 44.4 Å². The number of hydrogen-bond acceptors (Lipinski definition) is 6. The predicted molar refractivity (Wildman–Crippen MR) is 91.8 cm³/mol. The summed E-state index contributed by atoms with van der Waals surface area (Å²) in [6, 6.07) is 7.11. The van der Waals surface area contributed by atoms with Crippen molar-refractivity contribution < 1.29 is 23.9 Å². The van der Waals surface area contributed by atoms with Gasteiger partial charge in [-0.1, -0.05) is 24.8 Å². The van der Waals surface area contributed by atoms with Gasteiger partial charge in [0.25, 0.3) is 5.91 Å². The standard InChI is InChI=1S/C17H19NO5S/c1-5-23-14(19)10-24-17(11(2)15(20)22-4)12-8-6-7-9-13(12)18(3)16(17)21/h6-9H,2,5,10H2,1,3-4H3. The third-order valence-electron chi connectivity index (χ3n) is 3.82. The van der Waals surface area contributed by atoms with E-state index in [1.807, 2.05) is 0 Å². The van der Waals surface area contributed by atoms with E-state index in [4.69, 9.17) is 9.47 Å². The monoisotopic (exact) mass is 349 g/mol. The first-order chi connectivity index (χ1) is 11.4. The molecule has 0 fully saturated rings. The van der Waals surface area contributed by atoms with Gasteiger partial charge in [-0.3, -0.25) is 9.59 Å². The lowest BCUT2D eigenvalue weighted by Crippen LogP contribution is -2.40. The number of likely N-dealkylation sites (N-methyl/N-ethyl adjacent to an activating group) is 1. The molecule has 1 amide bonds. The summed E-state index contributed by atoms with van der Waals surface area (Å²) in [4.78, 5) is 38.4. The van der Waals surface area contributed by atoms with Crippen LogP contribution in [0, 0.1) is 0 Å². The Hall–Kier alpha value is -2.28. The lowest BCUT2D eigenvalue weighted by atomic mass is 9.92. The van der Waals surface area contributed by atoms with E-state index in [0.717, 1.165) is 11.8 Å². The second-order valence-corrected chi connectivity index (χ2v) is 6.32. The van der Waals surface area contributed by atoms with Crippen molar-refractivity contribution >= 4 is 35.3 Å². The van der Waals surface area contributed by atoms with Crippen LogP contribution < -0.4 is 4.90 Å². The van der Waals surface area contributed by atoms with Crippen molar-refractivity contribution in [2.24, 2.45) is 0 Å². The van der Waals surface area contributed by atoms with Gasteiger partial charge in [0.05, 0.1) is 25.0 Å². The predicted octanol–water partition coefficient (Wildman–Crippen LogP) is 1.88. The molecule has 0 aliphatic carbocycles. The van der Waals surface area contributed by atoms with Gasteiger partial charge >= 0.3 is 11.9 Å². The molecule has 1 aromatic rings. The van der Waals surface area contributed by atoms with Gasteiger partial charge in [-0.2, -0.15) is 0 Å². The highest BCUT2D eigenvalue weighted by Crippen LogP contribution is 2.52. The van der Waals surface area contributed by atoms with Crippen molar-refractivity contribution in [2.45, 2.75) is 11.7 Å². The molecular weight excluding hydrogens is 330 g/mol. The summed E-state index contributed by atoms with van der Waals surface area (Å²) in [5.74, 6) is -1.57. The van der Waals surface area contributed by atoms with E-state index >= 15 is 0 Å². The van der Waals surface area contributed by atoms with E-state index in [1.54, 1.807) is 38.2 Å². The molecule has 2 rings (SSSR count). The molecule has 1 aliphatic rings. The molecule has 24 heavy (non-hydrogen) atoms. The Labute approximate surface area is 144 Å². The molecule has 0 bridgehead atoms. The summed E-state index contributed by atoms with van der Waals surface area (Å²) < 4.78 is 8.30. The van der Waals surface area contributed by atoms with Crippen LogP contribution in [0.25, 0.3) is 0 Å². The number of anilines is 1. The Kier molecular flexibility index (Phi) is 5.33. The summed E-state index contributed by atoms with van der Waals surface area (Å²) in [6.45, 7) is 5.74. The zero-order valence-electron chi connectivity index (χ0n) is 13.8. The van der Waals surface area contributed by atoms with Crippen LogP contribution in [-0.2, 0) is 28.6 Å². The van der Waals surface area contributed by atoms with Gasteiger partial charge in [0.1, 0.15) is 0 Å². The first kappa shape index (κ1) is 18.1. The number of esters is 2. The average molecular weight is 349 g/mol. The lowest BCUT2D eigenvalue weighted by molar-refractivity contribution is -0.140. The van der Waals surface area contributed by atoms with Crippen LogP contribution in [0.1, 0.15) is 12.5 Å². The smallest absolute Gasteiger partial charge is 0.335 e. The van der Waals surface area contributed by atoms with E-state index in [0.29, 0.717) is 11.3 Å². The fourth-order valence-corrected chi connectivity index (χ4v) is 3.94. The number of para-hydroxylation sites is 1. The number of carbonyl (C=O) groups excluding carboxylic acids is 3. The molecule has 1 aromatic carbocycles. The van der Waals surface area contributed by atoms with Crippen LogP contribution in [0.5, 0.6) is 0 Å². The van der Waals surface area contributed by atoms with Crippen molar-refractivity contribution in [3.05, 3.63) is 42.0 Å². The normalized spacial score (nSPS) is 19.0. The van der Waals surface area contributed by atoms with Crippen LogP contribution in [0.3, 0.4) is 0 Å². The van der Waals surface area contributed by atoms with E-state index in [2.05, 4.69) is 6.58 Å². The minimum Gasteiger partial charge on any atom is -0.466 e. The Balaban J connectivity index is 2.52. The number of carbonyl (C=O) groups is 3. The molecule has 0 aromatic heterocycles. The van der Waals surface area contributed by atoms with Crippen LogP contribution in [0.2, 0.25) is 0 Å².